The van der Waals surface area contributed by atoms with E-state index in [1.807, 2.05) is 0 Å². The van der Waals surface area contributed by atoms with Crippen LogP contribution < -0.4 is 11.1 Å². The second-order valence-corrected chi connectivity index (χ2v) is 6.52. The molecular weight excluding hydrogens is 236 g/mol. The summed E-state index contributed by atoms with van der Waals surface area (Å²) < 4.78 is 0. The van der Waals surface area contributed by atoms with Crippen molar-refractivity contribution in [2.45, 2.75) is 89.1 Å². The van der Waals surface area contributed by atoms with Gasteiger partial charge in [0.25, 0.3) is 0 Å². The average Bonchev–Trinajstić information content (AvgIpc) is 2.35. The molecule has 2 fully saturated rings. The topological polar surface area (TPSA) is 55.1 Å². The molecule has 0 aromatic heterocycles. The van der Waals surface area contributed by atoms with E-state index in [1.54, 1.807) is 0 Å². The van der Waals surface area contributed by atoms with Gasteiger partial charge in [-0.25, -0.2) is 0 Å². The molecule has 2 atom stereocenters. The Labute approximate surface area is 117 Å². The Kier molecular flexibility index (Phi) is 6.15. The molecule has 0 aliphatic heterocycles. The quantitative estimate of drug-likeness (QED) is 0.824. The van der Waals surface area contributed by atoms with Crippen LogP contribution in [0.3, 0.4) is 0 Å². The lowest BCUT2D eigenvalue weighted by molar-refractivity contribution is -0.123. The molecule has 0 aromatic carbocycles. The van der Waals surface area contributed by atoms with Gasteiger partial charge in [0.2, 0.25) is 5.91 Å². The van der Waals surface area contributed by atoms with Crippen molar-refractivity contribution in [3.63, 3.8) is 0 Å². The maximum atomic E-state index is 12.2. The highest BCUT2D eigenvalue weighted by Crippen LogP contribution is 2.26. The van der Waals surface area contributed by atoms with E-state index in [2.05, 4.69) is 5.32 Å². The normalized spacial score (nSPS) is 30.4. The van der Waals surface area contributed by atoms with Gasteiger partial charge >= 0.3 is 0 Å². The Bertz CT molecular complexity index is 272. The first kappa shape index (κ1) is 14.8. The van der Waals surface area contributed by atoms with Crippen LogP contribution in [0, 0.1) is 5.92 Å². The van der Waals surface area contributed by atoms with Crippen LogP contribution in [0.1, 0.15) is 77.0 Å². The second-order valence-electron chi connectivity index (χ2n) is 6.52. The molecule has 0 aromatic rings. The predicted octanol–water partition coefficient (Wildman–Crippen LogP) is 3.12. The molecule has 2 aliphatic rings. The predicted molar refractivity (Wildman–Crippen MR) is 78.8 cm³/mol. The number of carbonyl (C=O) groups is 1. The molecule has 2 unspecified atom stereocenters. The maximum Gasteiger partial charge on any atom is 0.220 e. The number of rotatable bonds is 3. The van der Waals surface area contributed by atoms with E-state index >= 15 is 0 Å². The van der Waals surface area contributed by atoms with Crippen LogP contribution in [-0.2, 0) is 4.79 Å². The second kappa shape index (κ2) is 7.88. The van der Waals surface area contributed by atoms with E-state index in [4.69, 9.17) is 5.73 Å². The summed E-state index contributed by atoms with van der Waals surface area (Å²) in [5.41, 5.74) is 6.13. The summed E-state index contributed by atoms with van der Waals surface area (Å²) >= 11 is 0. The first-order valence-corrected chi connectivity index (χ1v) is 8.30. The van der Waals surface area contributed by atoms with Gasteiger partial charge in [0.05, 0.1) is 0 Å². The van der Waals surface area contributed by atoms with Crippen LogP contribution in [0.5, 0.6) is 0 Å². The first-order valence-electron chi connectivity index (χ1n) is 8.30. The lowest BCUT2D eigenvalue weighted by Gasteiger charge is -2.29. The molecule has 0 bridgehead atoms. The van der Waals surface area contributed by atoms with Gasteiger partial charge in [0, 0.05) is 18.5 Å². The van der Waals surface area contributed by atoms with Gasteiger partial charge < -0.3 is 11.1 Å². The summed E-state index contributed by atoms with van der Waals surface area (Å²) in [4.78, 5) is 12.2. The number of nitrogens with two attached hydrogens (primary N) is 1. The standard InChI is InChI=1S/C16H30N2O/c17-15-11-7-6-8-13(15)12-16(19)18-14-9-4-2-1-3-5-10-14/h13-15H,1-12,17H2,(H,18,19). The van der Waals surface area contributed by atoms with E-state index in [1.165, 1.54) is 57.8 Å². The third-order valence-electron chi connectivity index (χ3n) is 4.89. The zero-order chi connectivity index (χ0) is 13.5. The van der Waals surface area contributed by atoms with E-state index in [0.717, 1.165) is 12.8 Å². The fourth-order valence-corrected chi connectivity index (χ4v) is 3.61. The third-order valence-corrected chi connectivity index (χ3v) is 4.89. The van der Waals surface area contributed by atoms with E-state index < -0.39 is 0 Å². The molecule has 0 spiro atoms. The summed E-state index contributed by atoms with van der Waals surface area (Å²) in [6.07, 6.45) is 14.3. The summed E-state index contributed by atoms with van der Waals surface area (Å²) in [6.45, 7) is 0. The van der Waals surface area contributed by atoms with E-state index in [-0.39, 0.29) is 11.9 Å². The van der Waals surface area contributed by atoms with Crippen LogP contribution in [-0.4, -0.2) is 18.0 Å². The van der Waals surface area contributed by atoms with Crippen LogP contribution in [0.15, 0.2) is 0 Å². The van der Waals surface area contributed by atoms with Gasteiger partial charge in [0.15, 0.2) is 0 Å². The molecule has 0 saturated heterocycles. The van der Waals surface area contributed by atoms with Crippen molar-refractivity contribution in [1.82, 2.24) is 5.32 Å². The lowest BCUT2D eigenvalue weighted by Crippen LogP contribution is -2.40. The minimum absolute atomic E-state index is 0.243. The lowest BCUT2D eigenvalue weighted by atomic mass is 9.82. The van der Waals surface area contributed by atoms with Crippen molar-refractivity contribution in [3.05, 3.63) is 0 Å². The Hall–Kier alpha value is -0.570. The molecule has 3 heteroatoms. The van der Waals surface area contributed by atoms with E-state index in [0.29, 0.717) is 18.4 Å². The fraction of sp³-hybridized carbons (Fsp3) is 0.938. The van der Waals surface area contributed by atoms with Gasteiger partial charge in [-0.2, -0.15) is 0 Å². The summed E-state index contributed by atoms with van der Waals surface area (Å²) in [6, 6.07) is 0.671. The Morgan fingerprint density at radius 3 is 2.16 bits per heavy atom. The van der Waals surface area contributed by atoms with Gasteiger partial charge in [-0.1, -0.05) is 44.9 Å². The maximum absolute atomic E-state index is 12.2. The fourth-order valence-electron chi connectivity index (χ4n) is 3.61. The molecule has 1 amide bonds. The summed E-state index contributed by atoms with van der Waals surface area (Å²) in [5.74, 6) is 0.662. The SMILES string of the molecule is NC1CCCCC1CC(=O)NC1CCCCCCC1. The molecule has 2 saturated carbocycles. The smallest absolute Gasteiger partial charge is 0.220 e. The van der Waals surface area contributed by atoms with Gasteiger partial charge in [-0.3, -0.25) is 4.79 Å². The third kappa shape index (κ3) is 5.13. The minimum atomic E-state index is 0.243. The molecule has 110 valence electrons. The van der Waals surface area contributed by atoms with Crippen molar-refractivity contribution >= 4 is 5.91 Å². The van der Waals surface area contributed by atoms with Crippen molar-refractivity contribution in [1.29, 1.82) is 0 Å². The van der Waals surface area contributed by atoms with Crippen molar-refractivity contribution < 1.29 is 4.79 Å². The number of carbonyl (C=O) groups excluding carboxylic acids is 1. The number of amides is 1. The molecule has 3 nitrogen and oxygen atoms in total. The highest BCUT2D eigenvalue weighted by atomic mass is 16.1. The first-order chi connectivity index (χ1) is 9.25. The van der Waals surface area contributed by atoms with Crippen molar-refractivity contribution in [3.8, 4) is 0 Å². The zero-order valence-electron chi connectivity index (χ0n) is 12.2. The molecule has 3 N–H and O–H groups in total. The zero-order valence-corrected chi connectivity index (χ0v) is 12.2. The number of nitrogens with one attached hydrogen (secondary N) is 1. The number of hydrogen-bond donors (Lipinski definition) is 2. The van der Waals surface area contributed by atoms with Crippen LogP contribution in [0.4, 0.5) is 0 Å². The van der Waals surface area contributed by atoms with Crippen LogP contribution in [0.2, 0.25) is 0 Å². The van der Waals surface area contributed by atoms with Gasteiger partial charge in [0.1, 0.15) is 0 Å². The van der Waals surface area contributed by atoms with Gasteiger partial charge in [-0.15, -0.1) is 0 Å². The summed E-state index contributed by atoms with van der Waals surface area (Å²) in [7, 11) is 0. The summed E-state index contributed by atoms with van der Waals surface area (Å²) in [5, 5.41) is 3.26. The van der Waals surface area contributed by atoms with Crippen molar-refractivity contribution in [2.24, 2.45) is 11.7 Å². The molecule has 2 aliphatic carbocycles. The highest BCUT2D eigenvalue weighted by molar-refractivity contribution is 5.76. The largest absolute Gasteiger partial charge is 0.353 e. The Morgan fingerprint density at radius 2 is 1.47 bits per heavy atom. The van der Waals surface area contributed by atoms with E-state index in [9.17, 15) is 4.79 Å². The molecular formula is C16H30N2O. The minimum Gasteiger partial charge on any atom is -0.353 e. The van der Waals surface area contributed by atoms with Crippen molar-refractivity contribution in [2.75, 3.05) is 0 Å². The van der Waals surface area contributed by atoms with Crippen LogP contribution in [0.25, 0.3) is 0 Å². The van der Waals surface area contributed by atoms with Crippen LogP contribution >= 0.6 is 0 Å². The molecule has 0 radical (unpaired) electrons. The number of hydrogen-bond acceptors (Lipinski definition) is 2. The monoisotopic (exact) mass is 266 g/mol. The molecule has 2 rings (SSSR count). The highest BCUT2D eigenvalue weighted by Gasteiger charge is 2.25. The Balaban J connectivity index is 1.72. The average molecular weight is 266 g/mol. The Morgan fingerprint density at radius 1 is 0.895 bits per heavy atom. The molecule has 0 heterocycles. The molecule has 19 heavy (non-hydrogen) atoms. The van der Waals surface area contributed by atoms with Gasteiger partial charge in [-0.05, 0) is 31.6 Å².